The van der Waals surface area contributed by atoms with E-state index in [2.05, 4.69) is 4.99 Å². The van der Waals surface area contributed by atoms with E-state index in [-0.39, 0.29) is 10.7 Å². The number of benzene rings is 3. The maximum atomic E-state index is 14.3. The molecule has 0 fully saturated rings. The van der Waals surface area contributed by atoms with Crippen molar-refractivity contribution in [3.8, 4) is 0 Å². The topological polar surface area (TPSA) is 76.1 Å². The van der Waals surface area contributed by atoms with Gasteiger partial charge in [0.15, 0.2) is 0 Å². The summed E-state index contributed by atoms with van der Waals surface area (Å²) in [5.41, 5.74) is -0.915. The lowest BCUT2D eigenvalue weighted by atomic mass is 10.0. The largest absolute Gasteiger partial charge is 0.377 e. The molecular weight excluding hydrogens is 436 g/mol. The Kier molecular flexibility index (Phi) is 5.51. The molecule has 8 heteroatoms. The Bertz CT molecular complexity index is 1330. The van der Waals surface area contributed by atoms with Gasteiger partial charge < -0.3 is 4.90 Å². The van der Waals surface area contributed by atoms with E-state index < -0.39 is 21.2 Å². The second kappa shape index (κ2) is 7.83. The van der Waals surface area contributed by atoms with E-state index in [0.717, 1.165) is 16.1 Å². The van der Waals surface area contributed by atoms with E-state index in [4.69, 9.17) is 0 Å². The smallest absolute Gasteiger partial charge is 0.270 e. The van der Waals surface area contributed by atoms with Gasteiger partial charge in [0, 0.05) is 30.6 Å². The van der Waals surface area contributed by atoms with Gasteiger partial charge in [0.05, 0.1) is 10.6 Å². The summed E-state index contributed by atoms with van der Waals surface area (Å²) >= 11 is 0. The molecule has 0 aliphatic carbocycles. The molecule has 0 atom stereocenters. The molecule has 0 aromatic heterocycles. The number of fused-ring (bicyclic) bond motifs is 1. The van der Waals surface area contributed by atoms with Crippen molar-refractivity contribution in [2.45, 2.75) is 43.8 Å². The predicted octanol–water partition coefficient (Wildman–Crippen LogP) is 4.68. The van der Waals surface area contributed by atoms with Crippen LogP contribution in [0.3, 0.4) is 0 Å². The third-order valence-corrected chi connectivity index (χ3v) is 7.75. The van der Waals surface area contributed by atoms with Gasteiger partial charge >= 0.3 is 0 Å². The summed E-state index contributed by atoms with van der Waals surface area (Å²) in [6, 6.07) is 19.7. The number of nitrogens with zero attached hydrogens (tertiary/aromatic N) is 4. The van der Waals surface area contributed by atoms with Gasteiger partial charge in [0.2, 0.25) is 0 Å². The van der Waals surface area contributed by atoms with Crippen molar-refractivity contribution in [1.29, 1.82) is 0 Å². The highest BCUT2D eigenvalue weighted by Crippen LogP contribution is 2.40. The quantitative estimate of drug-likeness (QED) is 0.561. The second-order valence-corrected chi connectivity index (χ2v) is 11.2. The van der Waals surface area contributed by atoms with Gasteiger partial charge in [0.25, 0.3) is 10.0 Å². The van der Waals surface area contributed by atoms with Crippen LogP contribution in [-0.2, 0) is 15.2 Å². The Morgan fingerprint density at radius 1 is 0.818 bits per heavy atom. The lowest BCUT2D eigenvalue weighted by Crippen LogP contribution is -2.54. The van der Waals surface area contributed by atoms with Crippen LogP contribution >= 0.6 is 0 Å². The summed E-state index contributed by atoms with van der Waals surface area (Å²) in [4.78, 5) is 6.73. The summed E-state index contributed by atoms with van der Waals surface area (Å²) < 4.78 is 29.9. The highest BCUT2D eigenvalue weighted by molar-refractivity contribution is 7.93. The second-order valence-electron chi connectivity index (χ2n) is 9.41. The van der Waals surface area contributed by atoms with Crippen molar-refractivity contribution >= 4 is 38.0 Å². The summed E-state index contributed by atoms with van der Waals surface area (Å²) in [5, 5.41) is 15.4. The zero-order valence-electron chi connectivity index (χ0n) is 19.8. The number of para-hydroxylation sites is 1. The molecule has 0 unspecified atom stereocenters. The summed E-state index contributed by atoms with van der Waals surface area (Å²) in [5.74, 6) is 0.189. The molecule has 4 rings (SSSR count). The maximum Gasteiger partial charge on any atom is 0.270 e. The number of sulfonamides is 1. The van der Waals surface area contributed by atoms with Crippen LogP contribution in [0, 0.1) is 0 Å². The minimum atomic E-state index is -4.13. The molecule has 33 heavy (non-hydrogen) atoms. The summed E-state index contributed by atoms with van der Waals surface area (Å²) in [6.45, 7) is 6.77. The van der Waals surface area contributed by atoms with E-state index in [0.29, 0.717) is 11.1 Å². The molecular formula is C25H29N4O3S. The fourth-order valence-electron chi connectivity index (χ4n) is 4.43. The molecule has 7 nitrogen and oxygen atoms in total. The number of rotatable bonds is 4. The van der Waals surface area contributed by atoms with Gasteiger partial charge in [-0.1, -0.05) is 42.5 Å². The van der Waals surface area contributed by atoms with Gasteiger partial charge in [-0.15, -0.1) is 10.3 Å². The van der Waals surface area contributed by atoms with Crippen LogP contribution in [0.2, 0.25) is 0 Å². The number of amidine groups is 1. The minimum Gasteiger partial charge on any atom is -0.377 e. The molecule has 1 aliphatic heterocycles. The van der Waals surface area contributed by atoms with Gasteiger partial charge in [-0.3, -0.25) is 0 Å². The van der Waals surface area contributed by atoms with Gasteiger partial charge in [-0.05, 0) is 52.0 Å². The number of hydroxylamine groups is 2. The normalized spacial score (nSPS) is 17.7. The van der Waals surface area contributed by atoms with Crippen LogP contribution in [0.5, 0.6) is 0 Å². The average molecular weight is 466 g/mol. The zero-order chi connectivity index (χ0) is 24.2. The lowest BCUT2D eigenvalue weighted by Gasteiger charge is -2.35. The number of anilines is 2. The fourth-order valence-corrected chi connectivity index (χ4v) is 6.22. The highest BCUT2D eigenvalue weighted by atomic mass is 32.2. The molecule has 0 saturated carbocycles. The Morgan fingerprint density at radius 3 is 2.00 bits per heavy atom. The lowest BCUT2D eigenvalue weighted by molar-refractivity contribution is -0.241. The Hall–Kier alpha value is -2.94. The average Bonchev–Trinajstić information content (AvgIpc) is 2.92. The predicted molar refractivity (Wildman–Crippen MR) is 133 cm³/mol. The van der Waals surface area contributed by atoms with Crippen LogP contribution in [-0.4, -0.2) is 44.6 Å². The van der Waals surface area contributed by atoms with E-state index in [9.17, 15) is 13.6 Å². The van der Waals surface area contributed by atoms with Crippen molar-refractivity contribution in [3.63, 3.8) is 0 Å². The van der Waals surface area contributed by atoms with Crippen molar-refractivity contribution in [1.82, 2.24) is 5.06 Å². The van der Waals surface area contributed by atoms with Crippen molar-refractivity contribution in [2.75, 3.05) is 23.3 Å². The van der Waals surface area contributed by atoms with Crippen molar-refractivity contribution in [3.05, 3.63) is 66.7 Å². The van der Waals surface area contributed by atoms with Crippen LogP contribution in [0.25, 0.3) is 10.8 Å². The van der Waals surface area contributed by atoms with Crippen LogP contribution in [0.15, 0.2) is 76.6 Å². The Morgan fingerprint density at radius 2 is 1.42 bits per heavy atom. The Labute approximate surface area is 195 Å². The van der Waals surface area contributed by atoms with E-state index in [1.165, 1.54) is 4.31 Å². The van der Waals surface area contributed by atoms with Crippen molar-refractivity contribution < 1.29 is 13.6 Å². The zero-order valence-corrected chi connectivity index (χ0v) is 20.6. The first kappa shape index (κ1) is 23.2. The SMILES string of the molecule is CN(C)c1cccc2c(S(=O)(=O)N(C3=NC(C)(C)N([O])C3(C)C)c3ccccc3)cccc12. The molecule has 1 heterocycles. The molecule has 3 aromatic rings. The van der Waals surface area contributed by atoms with Gasteiger partial charge in [0.1, 0.15) is 17.0 Å². The molecule has 3 aromatic carbocycles. The van der Waals surface area contributed by atoms with E-state index in [1.807, 2.05) is 49.3 Å². The number of aliphatic imine (C=N–C) groups is 1. The first-order valence-corrected chi connectivity index (χ1v) is 12.2. The van der Waals surface area contributed by atoms with Gasteiger partial charge in [-0.25, -0.2) is 17.7 Å². The number of hydrogen-bond acceptors (Lipinski definition) is 5. The monoisotopic (exact) mass is 465 g/mol. The first-order valence-electron chi connectivity index (χ1n) is 10.8. The van der Waals surface area contributed by atoms with E-state index >= 15 is 0 Å². The van der Waals surface area contributed by atoms with E-state index in [1.54, 1.807) is 64.1 Å². The fraction of sp³-hybridized carbons (Fsp3) is 0.320. The molecule has 1 radical (unpaired) electrons. The summed E-state index contributed by atoms with van der Waals surface area (Å²) in [7, 11) is -0.286. The minimum absolute atomic E-state index is 0.160. The molecule has 0 saturated heterocycles. The van der Waals surface area contributed by atoms with Crippen LogP contribution < -0.4 is 9.21 Å². The molecule has 0 spiro atoms. The third kappa shape index (κ3) is 3.68. The maximum absolute atomic E-state index is 14.3. The molecule has 0 bridgehead atoms. The third-order valence-electron chi connectivity index (χ3n) is 5.97. The molecule has 0 N–H and O–H groups in total. The van der Waals surface area contributed by atoms with Crippen LogP contribution in [0.1, 0.15) is 27.7 Å². The first-order chi connectivity index (χ1) is 15.4. The molecule has 0 amide bonds. The van der Waals surface area contributed by atoms with Crippen LogP contribution in [0.4, 0.5) is 11.4 Å². The number of hydrogen-bond donors (Lipinski definition) is 0. The highest BCUT2D eigenvalue weighted by Gasteiger charge is 2.53. The van der Waals surface area contributed by atoms with Gasteiger partial charge in [-0.2, -0.15) is 0 Å². The summed E-state index contributed by atoms with van der Waals surface area (Å²) in [6.07, 6.45) is 0. The Balaban J connectivity index is 2.02. The standard InChI is InChI=1S/C25H29N4O3S/c1-24(2)23(26-25(3,4)29(24)30)28(18-12-8-7-9-13-18)33(31,32)22-17-11-14-19-20(22)15-10-16-21(19)27(5)6/h7-17H,1-6H3. The molecule has 173 valence electrons. The van der Waals surface area contributed by atoms with Crippen molar-refractivity contribution in [2.24, 2.45) is 4.99 Å². The molecule has 1 aliphatic rings.